The van der Waals surface area contributed by atoms with E-state index in [4.69, 9.17) is 16.3 Å². The standard InChI is InChI=1S/C29H26ClN3O4S2/c1-2-37-26(35)17-23-18-38-29(32-23)33-28(36)27(20-7-4-3-5-8-20)39-24-10-6-9-22(16-24)31-25(34)15-19-11-13-21(30)14-12-19/h3-14,16,18,27H,2,15,17H2,1H3,(H,31,34)(H,32,33,36). The average molecular weight is 580 g/mol. The highest BCUT2D eigenvalue weighted by Gasteiger charge is 2.23. The third-order valence-corrected chi connectivity index (χ3v) is 7.71. The molecule has 2 amide bonds. The number of carbonyl (C=O) groups excluding carboxylic acids is 3. The number of ether oxygens (including phenoxy) is 1. The predicted molar refractivity (Wildman–Crippen MR) is 156 cm³/mol. The summed E-state index contributed by atoms with van der Waals surface area (Å²) in [4.78, 5) is 42.9. The van der Waals surface area contributed by atoms with Crippen LogP contribution in [-0.2, 0) is 32.0 Å². The van der Waals surface area contributed by atoms with Crippen molar-refractivity contribution in [3.63, 3.8) is 0 Å². The van der Waals surface area contributed by atoms with E-state index in [1.54, 1.807) is 24.4 Å². The number of rotatable bonds is 11. The number of benzene rings is 3. The van der Waals surface area contributed by atoms with Crippen LogP contribution in [0.1, 0.15) is 29.0 Å². The summed E-state index contributed by atoms with van der Waals surface area (Å²) in [5.41, 5.74) is 2.85. The Labute approximate surface area is 240 Å². The number of nitrogens with zero attached hydrogens (tertiary/aromatic N) is 1. The van der Waals surface area contributed by atoms with Crippen molar-refractivity contribution in [1.82, 2.24) is 4.98 Å². The van der Waals surface area contributed by atoms with Crippen LogP contribution >= 0.6 is 34.7 Å². The second-order valence-electron chi connectivity index (χ2n) is 8.40. The summed E-state index contributed by atoms with van der Waals surface area (Å²) in [6, 6.07) is 24.0. The molecule has 0 spiro atoms. The molecule has 0 saturated carbocycles. The molecule has 0 radical (unpaired) electrons. The molecule has 0 aliphatic carbocycles. The highest BCUT2D eigenvalue weighted by atomic mass is 35.5. The summed E-state index contributed by atoms with van der Waals surface area (Å²) >= 11 is 8.54. The molecule has 7 nitrogen and oxygen atoms in total. The number of halogens is 1. The van der Waals surface area contributed by atoms with Crippen LogP contribution in [0.5, 0.6) is 0 Å². The van der Waals surface area contributed by atoms with E-state index in [1.807, 2.05) is 66.7 Å². The van der Waals surface area contributed by atoms with Crippen molar-refractivity contribution in [2.45, 2.75) is 29.9 Å². The first kappa shape index (κ1) is 28.4. The molecule has 0 fully saturated rings. The number of carbonyl (C=O) groups is 3. The number of hydrogen-bond acceptors (Lipinski definition) is 7. The van der Waals surface area contributed by atoms with E-state index in [2.05, 4.69) is 15.6 Å². The number of amides is 2. The number of anilines is 2. The number of esters is 1. The first-order valence-electron chi connectivity index (χ1n) is 12.2. The Morgan fingerprint density at radius 1 is 0.974 bits per heavy atom. The first-order chi connectivity index (χ1) is 18.9. The third kappa shape index (κ3) is 8.68. The van der Waals surface area contributed by atoms with Crippen LogP contribution in [0.2, 0.25) is 5.02 Å². The van der Waals surface area contributed by atoms with Gasteiger partial charge in [0.2, 0.25) is 11.8 Å². The topological polar surface area (TPSA) is 97.4 Å². The van der Waals surface area contributed by atoms with Crippen LogP contribution in [0.3, 0.4) is 0 Å². The lowest BCUT2D eigenvalue weighted by atomic mass is 10.1. The highest BCUT2D eigenvalue weighted by Crippen LogP contribution is 2.37. The quantitative estimate of drug-likeness (QED) is 0.154. The number of aromatic nitrogens is 1. The lowest BCUT2D eigenvalue weighted by Gasteiger charge is -2.17. The molecule has 2 N–H and O–H groups in total. The Bertz CT molecular complexity index is 1430. The molecule has 1 atom stereocenters. The molecule has 1 heterocycles. The zero-order valence-corrected chi connectivity index (χ0v) is 23.4. The fourth-order valence-corrected chi connectivity index (χ4v) is 5.58. The molecule has 10 heteroatoms. The lowest BCUT2D eigenvalue weighted by molar-refractivity contribution is -0.142. The van der Waals surface area contributed by atoms with Crippen LogP contribution in [0.4, 0.5) is 10.8 Å². The van der Waals surface area contributed by atoms with Gasteiger partial charge in [-0.3, -0.25) is 14.4 Å². The Balaban J connectivity index is 1.45. The minimum atomic E-state index is -0.580. The fraction of sp³-hybridized carbons (Fsp3) is 0.172. The molecular formula is C29H26ClN3O4S2. The predicted octanol–water partition coefficient (Wildman–Crippen LogP) is 6.56. The summed E-state index contributed by atoms with van der Waals surface area (Å²) in [6.45, 7) is 2.05. The van der Waals surface area contributed by atoms with E-state index in [0.29, 0.717) is 28.1 Å². The van der Waals surface area contributed by atoms with E-state index in [1.165, 1.54) is 23.1 Å². The second-order valence-corrected chi connectivity index (χ2v) is 10.9. The summed E-state index contributed by atoms with van der Waals surface area (Å²) in [7, 11) is 0. The van der Waals surface area contributed by atoms with Gasteiger partial charge in [-0.15, -0.1) is 23.1 Å². The van der Waals surface area contributed by atoms with E-state index in [0.717, 1.165) is 16.0 Å². The second kappa shape index (κ2) is 13.9. The molecule has 0 saturated heterocycles. The van der Waals surface area contributed by atoms with Crippen molar-refractivity contribution < 1.29 is 19.1 Å². The minimum absolute atomic E-state index is 0.0492. The summed E-state index contributed by atoms with van der Waals surface area (Å²) in [5.74, 6) is -0.766. The maximum atomic E-state index is 13.4. The molecule has 0 bridgehead atoms. The lowest BCUT2D eigenvalue weighted by Crippen LogP contribution is -2.19. The highest BCUT2D eigenvalue weighted by molar-refractivity contribution is 8.00. The third-order valence-electron chi connectivity index (χ3n) is 5.40. The van der Waals surface area contributed by atoms with Gasteiger partial charge < -0.3 is 15.4 Å². The SMILES string of the molecule is CCOC(=O)Cc1csc(NC(=O)C(Sc2cccc(NC(=O)Cc3ccc(Cl)cc3)c2)c2ccccc2)n1. The minimum Gasteiger partial charge on any atom is -0.466 e. The van der Waals surface area contributed by atoms with Crippen LogP contribution in [-0.4, -0.2) is 29.4 Å². The van der Waals surface area contributed by atoms with E-state index in [9.17, 15) is 14.4 Å². The molecule has 4 rings (SSSR count). The maximum Gasteiger partial charge on any atom is 0.311 e. The zero-order chi connectivity index (χ0) is 27.6. The van der Waals surface area contributed by atoms with Crippen molar-refractivity contribution in [1.29, 1.82) is 0 Å². The number of nitrogens with one attached hydrogen (secondary N) is 2. The van der Waals surface area contributed by atoms with Gasteiger partial charge in [0, 0.05) is 21.0 Å². The van der Waals surface area contributed by atoms with Gasteiger partial charge in [0.15, 0.2) is 5.13 Å². The van der Waals surface area contributed by atoms with E-state index >= 15 is 0 Å². The van der Waals surface area contributed by atoms with E-state index < -0.39 is 5.25 Å². The van der Waals surface area contributed by atoms with Gasteiger partial charge in [-0.2, -0.15) is 0 Å². The van der Waals surface area contributed by atoms with Gasteiger partial charge >= 0.3 is 5.97 Å². The number of thiazole rings is 1. The van der Waals surface area contributed by atoms with Gasteiger partial charge in [0.25, 0.3) is 0 Å². The molecule has 1 unspecified atom stereocenters. The first-order valence-corrected chi connectivity index (χ1v) is 14.3. The summed E-state index contributed by atoms with van der Waals surface area (Å²) in [5, 5.41) is 7.98. The molecule has 39 heavy (non-hydrogen) atoms. The Hall–Kier alpha value is -3.66. The van der Waals surface area contributed by atoms with Crippen molar-refractivity contribution in [3.05, 3.63) is 106 Å². The van der Waals surface area contributed by atoms with Gasteiger partial charge in [-0.1, -0.05) is 60.1 Å². The van der Waals surface area contributed by atoms with Crippen molar-refractivity contribution in [3.8, 4) is 0 Å². The maximum absolute atomic E-state index is 13.4. The van der Waals surface area contributed by atoms with Crippen molar-refractivity contribution >= 4 is 63.3 Å². The van der Waals surface area contributed by atoms with Crippen LogP contribution in [0, 0.1) is 0 Å². The van der Waals surface area contributed by atoms with Crippen LogP contribution in [0.15, 0.2) is 89.1 Å². The summed E-state index contributed by atoms with van der Waals surface area (Å²) in [6.07, 6.45) is 0.267. The molecule has 1 aromatic heterocycles. The number of thioether (sulfide) groups is 1. The average Bonchev–Trinajstić information content (AvgIpc) is 3.35. The van der Waals surface area contributed by atoms with Crippen LogP contribution in [0.25, 0.3) is 0 Å². The Kier molecular flexibility index (Phi) is 10.1. The normalized spacial score (nSPS) is 11.4. The molecule has 0 aliphatic heterocycles. The monoisotopic (exact) mass is 579 g/mol. The van der Waals surface area contributed by atoms with E-state index in [-0.39, 0.29) is 30.6 Å². The molecule has 0 aliphatic rings. The van der Waals surface area contributed by atoms with Gasteiger partial charge in [-0.25, -0.2) is 4.98 Å². The van der Waals surface area contributed by atoms with Gasteiger partial charge in [-0.05, 0) is 48.4 Å². The molecular weight excluding hydrogens is 554 g/mol. The van der Waals surface area contributed by atoms with Gasteiger partial charge in [0.1, 0.15) is 5.25 Å². The summed E-state index contributed by atoms with van der Waals surface area (Å²) < 4.78 is 4.97. The smallest absolute Gasteiger partial charge is 0.311 e. The Morgan fingerprint density at radius 3 is 2.49 bits per heavy atom. The molecule has 4 aromatic rings. The van der Waals surface area contributed by atoms with Crippen LogP contribution < -0.4 is 10.6 Å². The van der Waals surface area contributed by atoms with Crippen molar-refractivity contribution in [2.24, 2.45) is 0 Å². The van der Waals surface area contributed by atoms with Crippen molar-refractivity contribution in [2.75, 3.05) is 17.2 Å². The Morgan fingerprint density at radius 2 is 1.74 bits per heavy atom. The van der Waals surface area contributed by atoms with Gasteiger partial charge in [0.05, 0.1) is 25.1 Å². The molecule has 200 valence electrons. The largest absolute Gasteiger partial charge is 0.466 e. The zero-order valence-electron chi connectivity index (χ0n) is 21.1. The molecule has 3 aromatic carbocycles. The fourth-order valence-electron chi connectivity index (χ4n) is 3.65. The number of hydrogen-bond donors (Lipinski definition) is 2.